The number of nitrogens with zero attached hydrogens (tertiary/aromatic N) is 3. The van der Waals surface area contributed by atoms with Gasteiger partial charge in [-0.3, -0.25) is 4.79 Å². The smallest absolute Gasteiger partial charge is 0.230 e. The van der Waals surface area contributed by atoms with Gasteiger partial charge in [-0.25, -0.2) is 13.9 Å². The summed E-state index contributed by atoms with van der Waals surface area (Å²) in [6.45, 7) is 4.44. The number of thioether (sulfide) groups is 1. The molecule has 0 aliphatic heterocycles. The molecule has 0 saturated carbocycles. The lowest BCUT2D eigenvalue weighted by molar-refractivity contribution is -0.118. The average molecular weight is 421 g/mol. The molecule has 0 spiro atoms. The van der Waals surface area contributed by atoms with Crippen LogP contribution in [-0.2, 0) is 11.3 Å². The third-order valence-electron chi connectivity index (χ3n) is 4.68. The molecule has 0 aliphatic rings. The van der Waals surface area contributed by atoms with Gasteiger partial charge in [-0.2, -0.15) is 5.10 Å². The molecule has 152 valence electrons. The molecule has 0 aliphatic carbocycles. The molecule has 2 heterocycles. The molecule has 2 aromatic carbocycles. The number of rotatable bonds is 6. The average Bonchev–Trinajstić information content (AvgIpc) is 3.16. The number of halogens is 1. The van der Waals surface area contributed by atoms with Crippen molar-refractivity contribution < 1.29 is 9.18 Å². The number of fused-ring (bicyclic) bond motifs is 1. The Bertz CT molecular complexity index is 1190. The van der Waals surface area contributed by atoms with E-state index in [4.69, 9.17) is 0 Å². The molecule has 7 heteroatoms. The number of benzene rings is 2. The largest absolute Gasteiger partial charge is 0.351 e. The molecular weight excluding hydrogens is 399 g/mol. The maximum absolute atomic E-state index is 13.3. The predicted octanol–water partition coefficient (Wildman–Crippen LogP) is 4.56. The SMILES string of the molecule is Cc1ccc(CNC(=O)CSc2cc(C)nc3c(-c4ccc(F)cc4)cnn23)cc1. The van der Waals surface area contributed by atoms with Crippen LogP contribution < -0.4 is 5.32 Å². The zero-order valence-electron chi connectivity index (χ0n) is 16.7. The van der Waals surface area contributed by atoms with Crippen LogP contribution in [-0.4, -0.2) is 26.3 Å². The van der Waals surface area contributed by atoms with Crippen LogP contribution >= 0.6 is 11.8 Å². The van der Waals surface area contributed by atoms with E-state index in [2.05, 4.69) is 15.4 Å². The van der Waals surface area contributed by atoms with Crippen molar-refractivity contribution >= 4 is 23.3 Å². The lowest BCUT2D eigenvalue weighted by atomic mass is 10.1. The van der Waals surface area contributed by atoms with Crippen LogP contribution in [0, 0.1) is 19.7 Å². The molecular formula is C23H21FN4OS. The molecule has 0 radical (unpaired) electrons. The van der Waals surface area contributed by atoms with Crippen LogP contribution in [0.2, 0.25) is 0 Å². The third kappa shape index (κ3) is 4.52. The minimum absolute atomic E-state index is 0.0471. The Kier molecular flexibility index (Phi) is 5.81. The highest BCUT2D eigenvalue weighted by atomic mass is 32.2. The molecule has 4 rings (SSSR count). The van der Waals surface area contributed by atoms with Crippen molar-refractivity contribution in [1.82, 2.24) is 19.9 Å². The van der Waals surface area contributed by atoms with Gasteiger partial charge in [0, 0.05) is 17.8 Å². The molecule has 0 unspecified atom stereocenters. The van der Waals surface area contributed by atoms with Crippen LogP contribution in [0.3, 0.4) is 0 Å². The fraction of sp³-hybridized carbons (Fsp3) is 0.174. The highest BCUT2D eigenvalue weighted by Gasteiger charge is 2.13. The number of amides is 1. The summed E-state index contributed by atoms with van der Waals surface area (Å²) >= 11 is 1.41. The quantitative estimate of drug-likeness (QED) is 0.367. The predicted molar refractivity (Wildman–Crippen MR) is 117 cm³/mol. The van der Waals surface area contributed by atoms with Crippen LogP contribution in [0.15, 0.2) is 65.8 Å². The third-order valence-corrected chi connectivity index (χ3v) is 5.68. The fourth-order valence-corrected chi connectivity index (χ4v) is 3.97. The maximum Gasteiger partial charge on any atom is 0.230 e. The Labute approximate surface area is 178 Å². The normalized spacial score (nSPS) is 11.0. The minimum Gasteiger partial charge on any atom is -0.351 e. The first-order valence-electron chi connectivity index (χ1n) is 9.56. The van der Waals surface area contributed by atoms with Crippen LogP contribution in [0.5, 0.6) is 0 Å². The number of hydrogen-bond donors (Lipinski definition) is 1. The first-order valence-corrected chi connectivity index (χ1v) is 10.5. The molecule has 1 amide bonds. The van der Waals surface area contributed by atoms with Gasteiger partial charge < -0.3 is 5.32 Å². The summed E-state index contributed by atoms with van der Waals surface area (Å²) in [6, 6.07) is 16.3. The van der Waals surface area contributed by atoms with E-state index in [-0.39, 0.29) is 17.5 Å². The Morgan fingerprint density at radius 3 is 2.57 bits per heavy atom. The summed E-state index contributed by atoms with van der Waals surface area (Å²) in [6.07, 6.45) is 1.72. The summed E-state index contributed by atoms with van der Waals surface area (Å²) in [5.41, 5.74) is 5.44. The standard InChI is InChI=1S/C23H21FN4OS/c1-15-3-5-17(6-4-15)12-25-21(29)14-30-22-11-16(2)27-23-20(13-26-28(22)23)18-7-9-19(24)10-8-18/h3-11,13H,12,14H2,1-2H3,(H,25,29). The number of carbonyl (C=O) groups is 1. The van der Waals surface area contributed by atoms with E-state index in [0.717, 1.165) is 27.4 Å². The van der Waals surface area contributed by atoms with Crippen LogP contribution in [0.4, 0.5) is 4.39 Å². The van der Waals surface area contributed by atoms with E-state index in [1.807, 2.05) is 44.2 Å². The van der Waals surface area contributed by atoms with Crippen LogP contribution in [0.25, 0.3) is 16.8 Å². The molecule has 0 saturated heterocycles. The highest BCUT2D eigenvalue weighted by Crippen LogP contribution is 2.27. The highest BCUT2D eigenvalue weighted by molar-refractivity contribution is 7.99. The molecule has 2 aromatic heterocycles. The molecule has 5 nitrogen and oxygen atoms in total. The first-order chi connectivity index (χ1) is 14.5. The van der Waals surface area contributed by atoms with Crippen LogP contribution in [0.1, 0.15) is 16.8 Å². The van der Waals surface area contributed by atoms with Gasteiger partial charge in [0.2, 0.25) is 5.91 Å². The zero-order valence-corrected chi connectivity index (χ0v) is 17.5. The Balaban J connectivity index is 1.48. The molecule has 30 heavy (non-hydrogen) atoms. The van der Waals surface area contributed by atoms with Crippen molar-refractivity contribution in [2.24, 2.45) is 0 Å². The zero-order chi connectivity index (χ0) is 21.1. The van der Waals surface area contributed by atoms with E-state index in [0.29, 0.717) is 12.2 Å². The number of aromatic nitrogens is 3. The Morgan fingerprint density at radius 2 is 1.83 bits per heavy atom. The summed E-state index contributed by atoms with van der Waals surface area (Å²) in [5, 5.41) is 8.22. The fourth-order valence-electron chi connectivity index (χ4n) is 3.08. The topological polar surface area (TPSA) is 59.3 Å². The van der Waals surface area contributed by atoms with Gasteiger partial charge in [-0.05, 0) is 43.2 Å². The molecule has 4 aromatic rings. The van der Waals surface area contributed by atoms with Crippen molar-refractivity contribution in [3.8, 4) is 11.1 Å². The van der Waals surface area contributed by atoms with Crippen molar-refractivity contribution in [3.63, 3.8) is 0 Å². The Morgan fingerprint density at radius 1 is 1.10 bits per heavy atom. The van der Waals surface area contributed by atoms with Gasteiger partial charge in [-0.1, -0.05) is 53.7 Å². The minimum atomic E-state index is -0.285. The maximum atomic E-state index is 13.3. The van der Waals surface area contributed by atoms with Crippen molar-refractivity contribution in [2.45, 2.75) is 25.4 Å². The lowest BCUT2D eigenvalue weighted by Crippen LogP contribution is -2.24. The number of carbonyl (C=O) groups excluding carboxylic acids is 1. The summed E-state index contributed by atoms with van der Waals surface area (Å²) in [5.74, 6) is -0.0581. The monoisotopic (exact) mass is 420 g/mol. The molecule has 1 N–H and O–H groups in total. The summed E-state index contributed by atoms with van der Waals surface area (Å²) in [7, 11) is 0. The Hall–Kier alpha value is -3.19. The van der Waals surface area contributed by atoms with Gasteiger partial charge in [-0.15, -0.1) is 0 Å². The van der Waals surface area contributed by atoms with Gasteiger partial charge in [0.1, 0.15) is 10.8 Å². The number of nitrogens with one attached hydrogen (secondary N) is 1. The lowest BCUT2D eigenvalue weighted by Gasteiger charge is -2.08. The van der Waals surface area contributed by atoms with Gasteiger partial charge in [0.05, 0.1) is 11.9 Å². The van der Waals surface area contributed by atoms with Gasteiger partial charge in [0.25, 0.3) is 0 Å². The van der Waals surface area contributed by atoms with E-state index >= 15 is 0 Å². The number of aryl methyl sites for hydroxylation is 2. The summed E-state index contributed by atoms with van der Waals surface area (Å²) in [4.78, 5) is 16.9. The van der Waals surface area contributed by atoms with E-state index < -0.39 is 0 Å². The molecule has 0 bridgehead atoms. The van der Waals surface area contributed by atoms with Crippen molar-refractivity contribution in [1.29, 1.82) is 0 Å². The van der Waals surface area contributed by atoms with E-state index in [9.17, 15) is 9.18 Å². The molecule has 0 fully saturated rings. The van der Waals surface area contributed by atoms with E-state index in [1.165, 1.54) is 29.5 Å². The van der Waals surface area contributed by atoms with Crippen molar-refractivity contribution in [2.75, 3.05) is 5.75 Å². The van der Waals surface area contributed by atoms with Crippen molar-refractivity contribution in [3.05, 3.63) is 83.4 Å². The van der Waals surface area contributed by atoms with Gasteiger partial charge >= 0.3 is 0 Å². The second-order valence-corrected chi connectivity index (χ2v) is 8.08. The second kappa shape index (κ2) is 8.67. The van der Waals surface area contributed by atoms with Gasteiger partial charge in [0.15, 0.2) is 5.65 Å². The first kappa shape index (κ1) is 20.1. The van der Waals surface area contributed by atoms with E-state index in [1.54, 1.807) is 22.8 Å². The molecule has 0 atom stereocenters. The number of hydrogen-bond acceptors (Lipinski definition) is 4. The second-order valence-electron chi connectivity index (χ2n) is 7.09. The summed E-state index contributed by atoms with van der Waals surface area (Å²) < 4.78 is 15.0.